The zero-order chi connectivity index (χ0) is 17.3. The molecule has 2 bridgehead atoms. The number of carbonyl (C=O) groups excluding carboxylic acids is 2. The Morgan fingerprint density at radius 1 is 1.36 bits per heavy atom. The van der Waals surface area contributed by atoms with Crippen molar-refractivity contribution in [3.8, 4) is 10.6 Å². The van der Waals surface area contributed by atoms with Crippen molar-refractivity contribution < 1.29 is 14.3 Å². The van der Waals surface area contributed by atoms with Crippen LogP contribution < -0.4 is 4.90 Å². The van der Waals surface area contributed by atoms with Crippen molar-refractivity contribution in [2.24, 2.45) is 11.8 Å². The molecule has 3 unspecified atom stereocenters. The molecule has 7 heteroatoms. The van der Waals surface area contributed by atoms with Gasteiger partial charge in [0.1, 0.15) is 5.01 Å². The minimum absolute atomic E-state index is 0.137. The Morgan fingerprint density at radius 3 is 2.88 bits per heavy atom. The van der Waals surface area contributed by atoms with Gasteiger partial charge in [0.15, 0.2) is 0 Å². The summed E-state index contributed by atoms with van der Waals surface area (Å²) in [6, 6.07) is 5.27. The van der Waals surface area contributed by atoms with E-state index in [1.165, 1.54) is 16.2 Å². The topological polar surface area (TPSA) is 59.5 Å². The number of amides is 2. The first kappa shape index (κ1) is 15.5. The smallest absolute Gasteiger partial charge is 0.240 e. The lowest BCUT2D eigenvalue weighted by Gasteiger charge is -2.26. The van der Waals surface area contributed by atoms with Crippen LogP contribution in [0.3, 0.4) is 0 Å². The second-order valence-electron chi connectivity index (χ2n) is 7.02. The molecule has 25 heavy (non-hydrogen) atoms. The highest BCUT2D eigenvalue weighted by Gasteiger charge is 2.67. The van der Waals surface area contributed by atoms with Crippen LogP contribution in [0.5, 0.6) is 0 Å². The number of benzene rings is 1. The summed E-state index contributed by atoms with van der Waals surface area (Å²) in [6.07, 6.45) is 3.25. The summed E-state index contributed by atoms with van der Waals surface area (Å²) >= 11 is 7.90. The first-order valence-electron chi connectivity index (χ1n) is 8.25. The van der Waals surface area contributed by atoms with Crippen LogP contribution in [-0.4, -0.2) is 28.5 Å². The van der Waals surface area contributed by atoms with Crippen molar-refractivity contribution in [2.45, 2.75) is 31.5 Å². The number of nitrogens with zero attached hydrogens (tertiary/aromatic N) is 2. The summed E-state index contributed by atoms with van der Waals surface area (Å²) in [5.41, 5.74) is 0.814. The number of ether oxygens (including phenoxy) is 1. The van der Waals surface area contributed by atoms with Gasteiger partial charge >= 0.3 is 0 Å². The third-order valence-electron chi connectivity index (χ3n) is 5.63. The van der Waals surface area contributed by atoms with Gasteiger partial charge in [-0.2, -0.15) is 0 Å². The highest BCUT2D eigenvalue weighted by Crippen LogP contribution is 2.55. The van der Waals surface area contributed by atoms with Gasteiger partial charge in [-0.3, -0.25) is 9.59 Å². The maximum absolute atomic E-state index is 13.0. The number of anilines is 1. The molecule has 3 fully saturated rings. The van der Waals surface area contributed by atoms with Crippen LogP contribution in [0.4, 0.5) is 5.69 Å². The number of imide groups is 1. The van der Waals surface area contributed by atoms with Crippen molar-refractivity contribution in [2.75, 3.05) is 4.90 Å². The van der Waals surface area contributed by atoms with Crippen LogP contribution in [0.2, 0.25) is 5.02 Å². The van der Waals surface area contributed by atoms with E-state index < -0.39 is 5.60 Å². The fraction of sp³-hybridized carbons (Fsp3) is 0.389. The standard InChI is InChI=1S/C18H15ClN2O3S/c1-18-5-4-12(24-18)13-14(18)17(23)21(16(13)22)9-2-3-10(11(19)8-9)15-20-6-7-25-15/h2-3,6-8,12-14H,4-5H2,1H3/t12?,13-,14?,18?/m1/s1. The molecule has 3 aliphatic rings. The molecule has 0 N–H and O–H groups in total. The Bertz CT molecular complexity index is 900. The van der Waals surface area contributed by atoms with Gasteiger partial charge in [0, 0.05) is 17.1 Å². The average Bonchev–Trinajstić information content (AvgIpc) is 3.31. The first-order valence-corrected chi connectivity index (χ1v) is 9.50. The molecular weight excluding hydrogens is 360 g/mol. The molecule has 1 aromatic carbocycles. The molecule has 3 aliphatic heterocycles. The third kappa shape index (κ3) is 2.02. The molecule has 4 heterocycles. The van der Waals surface area contributed by atoms with Gasteiger partial charge in [-0.05, 0) is 38.0 Å². The molecular formula is C18H15ClN2O3S. The van der Waals surface area contributed by atoms with E-state index in [0.717, 1.165) is 23.4 Å². The van der Waals surface area contributed by atoms with Crippen LogP contribution in [0.15, 0.2) is 29.8 Å². The number of thiazole rings is 1. The summed E-state index contributed by atoms with van der Waals surface area (Å²) < 4.78 is 5.94. The summed E-state index contributed by atoms with van der Waals surface area (Å²) in [5.74, 6) is -1.07. The Hall–Kier alpha value is -1.76. The van der Waals surface area contributed by atoms with E-state index in [9.17, 15) is 9.59 Å². The normalized spacial score (nSPS) is 33.4. The van der Waals surface area contributed by atoms with Crippen LogP contribution in [0, 0.1) is 11.8 Å². The fourth-order valence-corrected chi connectivity index (χ4v) is 5.51. The molecule has 3 saturated heterocycles. The molecule has 0 spiro atoms. The lowest BCUT2D eigenvalue weighted by molar-refractivity contribution is -0.126. The summed E-state index contributed by atoms with van der Waals surface area (Å²) in [5, 5.41) is 3.17. The molecule has 0 radical (unpaired) electrons. The molecule has 1 aromatic heterocycles. The second kappa shape index (κ2) is 5.13. The maximum Gasteiger partial charge on any atom is 0.240 e. The van der Waals surface area contributed by atoms with Gasteiger partial charge < -0.3 is 4.74 Å². The molecule has 2 aromatic rings. The molecule has 0 aliphatic carbocycles. The quantitative estimate of drug-likeness (QED) is 0.754. The predicted molar refractivity (Wildman–Crippen MR) is 94.5 cm³/mol. The number of aromatic nitrogens is 1. The van der Waals surface area contributed by atoms with Gasteiger partial charge in [-0.15, -0.1) is 11.3 Å². The minimum Gasteiger partial charge on any atom is -0.370 e. The fourth-order valence-electron chi connectivity index (χ4n) is 4.51. The average molecular weight is 375 g/mol. The number of carbonyl (C=O) groups is 2. The Balaban J connectivity index is 1.53. The van der Waals surface area contributed by atoms with Crippen LogP contribution in [0.25, 0.3) is 10.6 Å². The van der Waals surface area contributed by atoms with E-state index in [1.54, 1.807) is 18.3 Å². The summed E-state index contributed by atoms with van der Waals surface area (Å²) in [4.78, 5) is 31.5. The molecule has 2 amide bonds. The number of halogens is 1. The van der Waals surface area contributed by atoms with Crippen molar-refractivity contribution in [3.63, 3.8) is 0 Å². The van der Waals surface area contributed by atoms with Gasteiger partial charge in [-0.25, -0.2) is 9.88 Å². The van der Waals surface area contributed by atoms with E-state index >= 15 is 0 Å². The van der Waals surface area contributed by atoms with E-state index in [0.29, 0.717) is 10.7 Å². The lowest BCUT2D eigenvalue weighted by atomic mass is 9.74. The largest absolute Gasteiger partial charge is 0.370 e. The second-order valence-corrected chi connectivity index (χ2v) is 8.33. The summed E-state index contributed by atoms with van der Waals surface area (Å²) in [7, 11) is 0. The highest BCUT2D eigenvalue weighted by molar-refractivity contribution is 7.13. The number of hydrogen-bond donors (Lipinski definition) is 0. The van der Waals surface area contributed by atoms with Gasteiger partial charge in [-0.1, -0.05) is 11.6 Å². The molecule has 5 rings (SSSR count). The van der Waals surface area contributed by atoms with Crippen molar-refractivity contribution in [1.82, 2.24) is 4.98 Å². The van der Waals surface area contributed by atoms with Crippen LogP contribution in [-0.2, 0) is 14.3 Å². The van der Waals surface area contributed by atoms with Crippen LogP contribution in [0.1, 0.15) is 19.8 Å². The predicted octanol–water partition coefficient (Wildman–Crippen LogP) is 3.52. The monoisotopic (exact) mass is 374 g/mol. The number of rotatable bonds is 2. The van der Waals surface area contributed by atoms with Crippen molar-refractivity contribution in [1.29, 1.82) is 0 Å². The maximum atomic E-state index is 13.0. The summed E-state index contributed by atoms with van der Waals surface area (Å²) in [6.45, 7) is 1.95. The molecule has 0 saturated carbocycles. The SMILES string of the molecule is CC12CCC(O1)[C@H]1C(=O)N(c3ccc(-c4nccs4)c(Cl)c3)C(=O)C12. The lowest BCUT2D eigenvalue weighted by Crippen LogP contribution is -2.39. The zero-order valence-corrected chi connectivity index (χ0v) is 15.0. The van der Waals surface area contributed by atoms with Crippen molar-refractivity contribution in [3.05, 3.63) is 34.8 Å². The van der Waals surface area contributed by atoms with E-state index in [1.807, 2.05) is 18.4 Å². The van der Waals surface area contributed by atoms with Gasteiger partial charge in [0.05, 0.1) is 34.3 Å². The highest BCUT2D eigenvalue weighted by atomic mass is 35.5. The number of hydrogen-bond acceptors (Lipinski definition) is 5. The molecule has 4 atom stereocenters. The molecule has 128 valence electrons. The minimum atomic E-state index is -0.512. The third-order valence-corrected chi connectivity index (χ3v) is 6.75. The Kier molecular flexibility index (Phi) is 3.18. The van der Waals surface area contributed by atoms with E-state index in [2.05, 4.69) is 4.98 Å². The zero-order valence-electron chi connectivity index (χ0n) is 13.4. The molecule has 5 nitrogen and oxygen atoms in total. The van der Waals surface area contributed by atoms with Gasteiger partial charge in [0.25, 0.3) is 0 Å². The van der Waals surface area contributed by atoms with Gasteiger partial charge in [0.2, 0.25) is 11.8 Å². The van der Waals surface area contributed by atoms with Crippen molar-refractivity contribution >= 4 is 40.4 Å². The first-order chi connectivity index (χ1) is 12.0. The number of fused-ring (bicyclic) bond motifs is 5. The van der Waals surface area contributed by atoms with E-state index in [-0.39, 0.29) is 29.8 Å². The van der Waals surface area contributed by atoms with Crippen LogP contribution >= 0.6 is 22.9 Å². The Labute approximate surface area is 153 Å². The Morgan fingerprint density at radius 2 is 2.20 bits per heavy atom. The van der Waals surface area contributed by atoms with E-state index in [4.69, 9.17) is 16.3 Å².